The summed E-state index contributed by atoms with van der Waals surface area (Å²) in [5, 5.41) is 9.03. The number of carbonyl (C=O) groups is 1. The number of guanidine groups is 1. The fourth-order valence-electron chi connectivity index (χ4n) is 2.39. The molecule has 0 atom stereocenters. The second-order valence-corrected chi connectivity index (χ2v) is 7.30. The molecule has 8 heteroatoms. The number of aliphatic imine (C=N–C) groups is 1. The van der Waals surface area contributed by atoms with Gasteiger partial charge in [0.15, 0.2) is 5.96 Å². The van der Waals surface area contributed by atoms with Gasteiger partial charge in [-0.25, -0.2) is 4.39 Å². The van der Waals surface area contributed by atoms with Crippen LogP contribution in [0.5, 0.6) is 5.75 Å². The zero-order chi connectivity index (χ0) is 20.9. The minimum absolute atomic E-state index is 0.115. The van der Waals surface area contributed by atoms with Crippen LogP contribution >= 0.6 is 11.8 Å². The third kappa shape index (κ3) is 8.87. The Balaban J connectivity index is 1.58. The van der Waals surface area contributed by atoms with Crippen molar-refractivity contribution in [1.82, 2.24) is 16.0 Å². The van der Waals surface area contributed by atoms with Gasteiger partial charge in [-0.05, 0) is 54.1 Å². The number of rotatable bonds is 10. The fourth-order valence-corrected chi connectivity index (χ4v) is 3.24. The van der Waals surface area contributed by atoms with Crippen LogP contribution in [-0.4, -0.2) is 44.9 Å². The first kappa shape index (κ1) is 22.5. The van der Waals surface area contributed by atoms with Crippen LogP contribution in [-0.2, 0) is 11.3 Å². The highest BCUT2D eigenvalue weighted by Gasteiger charge is 2.04. The third-order valence-corrected chi connectivity index (χ3v) is 5.08. The van der Waals surface area contributed by atoms with Gasteiger partial charge in [0, 0.05) is 25.0 Å². The number of thioether (sulfide) groups is 1. The second-order valence-electron chi connectivity index (χ2n) is 6.13. The van der Waals surface area contributed by atoms with E-state index in [1.165, 1.54) is 12.1 Å². The Hall–Kier alpha value is -2.74. The monoisotopic (exact) mass is 418 g/mol. The van der Waals surface area contributed by atoms with Gasteiger partial charge in [0.1, 0.15) is 11.6 Å². The van der Waals surface area contributed by atoms with Crippen LogP contribution in [0.2, 0.25) is 0 Å². The molecule has 0 aliphatic carbocycles. The molecule has 2 aromatic rings. The summed E-state index contributed by atoms with van der Waals surface area (Å²) < 4.78 is 18.0. The minimum Gasteiger partial charge on any atom is -0.497 e. The summed E-state index contributed by atoms with van der Waals surface area (Å²) in [6, 6.07) is 14.0. The van der Waals surface area contributed by atoms with E-state index in [1.807, 2.05) is 24.3 Å². The molecule has 0 radical (unpaired) electrons. The van der Waals surface area contributed by atoms with Crippen molar-refractivity contribution in [2.75, 3.05) is 33.0 Å². The molecule has 0 fully saturated rings. The van der Waals surface area contributed by atoms with Crippen LogP contribution in [0.3, 0.4) is 0 Å². The molecular weight excluding hydrogens is 391 g/mol. The Morgan fingerprint density at radius 2 is 1.79 bits per heavy atom. The lowest BCUT2D eigenvalue weighted by Gasteiger charge is -2.12. The van der Waals surface area contributed by atoms with Crippen LogP contribution in [0.15, 0.2) is 58.4 Å². The first-order valence-corrected chi connectivity index (χ1v) is 10.3. The molecule has 0 unspecified atom stereocenters. The lowest BCUT2D eigenvalue weighted by molar-refractivity contribution is -0.120. The number of hydrogen-bond donors (Lipinski definition) is 3. The quantitative estimate of drug-likeness (QED) is 0.239. The van der Waals surface area contributed by atoms with E-state index < -0.39 is 0 Å². The summed E-state index contributed by atoms with van der Waals surface area (Å²) in [5.74, 6) is 1.93. The molecule has 0 saturated carbocycles. The van der Waals surface area contributed by atoms with Crippen molar-refractivity contribution in [2.45, 2.75) is 17.9 Å². The lowest BCUT2D eigenvalue weighted by atomic mass is 10.2. The van der Waals surface area contributed by atoms with Gasteiger partial charge in [0.25, 0.3) is 0 Å². The number of methoxy groups -OCH3 is 1. The van der Waals surface area contributed by atoms with E-state index in [-0.39, 0.29) is 18.3 Å². The van der Waals surface area contributed by atoms with Crippen molar-refractivity contribution in [2.24, 2.45) is 4.99 Å². The molecule has 0 aliphatic rings. The first-order chi connectivity index (χ1) is 14.1. The predicted octanol–water partition coefficient (Wildman–Crippen LogP) is 2.80. The summed E-state index contributed by atoms with van der Waals surface area (Å²) in [6.45, 7) is 1.32. The van der Waals surface area contributed by atoms with E-state index in [2.05, 4.69) is 20.9 Å². The average molecular weight is 419 g/mol. The zero-order valence-electron chi connectivity index (χ0n) is 16.7. The van der Waals surface area contributed by atoms with Gasteiger partial charge in [-0.3, -0.25) is 9.79 Å². The van der Waals surface area contributed by atoms with Gasteiger partial charge >= 0.3 is 0 Å². The molecule has 6 nitrogen and oxygen atoms in total. The van der Waals surface area contributed by atoms with Gasteiger partial charge in [-0.1, -0.05) is 12.1 Å². The van der Waals surface area contributed by atoms with Crippen molar-refractivity contribution in [3.05, 3.63) is 59.9 Å². The summed E-state index contributed by atoms with van der Waals surface area (Å²) in [6.07, 6.45) is 0.909. The van der Waals surface area contributed by atoms with E-state index in [4.69, 9.17) is 4.74 Å². The normalized spacial score (nSPS) is 11.1. The van der Waals surface area contributed by atoms with Crippen LogP contribution in [0, 0.1) is 5.82 Å². The fraction of sp³-hybridized carbons (Fsp3) is 0.333. The SMILES string of the molecule is CN=C(NCCCSc1ccc(F)cc1)NCC(=O)NCc1ccc(OC)cc1. The van der Waals surface area contributed by atoms with E-state index in [1.54, 1.807) is 38.1 Å². The van der Waals surface area contributed by atoms with E-state index >= 15 is 0 Å². The Morgan fingerprint density at radius 3 is 2.45 bits per heavy atom. The maximum absolute atomic E-state index is 12.9. The molecule has 0 aliphatic heterocycles. The number of amides is 1. The molecule has 156 valence electrons. The maximum atomic E-state index is 12.9. The van der Waals surface area contributed by atoms with Gasteiger partial charge < -0.3 is 20.7 Å². The van der Waals surface area contributed by atoms with Crippen molar-refractivity contribution < 1.29 is 13.9 Å². The molecule has 0 aromatic heterocycles. The van der Waals surface area contributed by atoms with E-state index in [0.717, 1.165) is 34.9 Å². The number of halogens is 1. The molecular formula is C21H27FN4O2S. The molecule has 0 heterocycles. The van der Waals surface area contributed by atoms with E-state index in [0.29, 0.717) is 12.5 Å². The zero-order valence-corrected chi connectivity index (χ0v) is 17.5. The first-order valence-electron chi connectivity index (χ1n) is 9.33. The van der Waals surface area contributed by atoms with Crippen molar-refractivity contribution in [1.29, 1.82) is 0 Å². The number of nitrogens with zero attached hydrogens (tertiary/aromatic N) is 1. The van der Waals surface area contributed by atoms with Crippen LogP contribution < -0.4 is 20.7 Å². The number of ether oxygens (including phenoxy) is 1. The summed E-state index contributed by atoms with van der Waals surface area (Å²) >= 11 is 1.67. The number of hydrogen-bond acceptors (Lipinski definition) is 4. The van der Waals surface area contributed by atoms with Gasteiger partial charge in [-0.2, -0.15) is 0 Å². The highest BCUT2D eigenvalue weighted by atomic mass is 32.2. The Bertz CT molecular complexity index is 782. The number of nitrogens with one attached hydrogen (secondary N) is 3. The molecule has 2 aromatic carbocycles. The van der Waals surface area contributed by atoms with Gasteiger partial charge in [0.05, 0.1) is 13.7 Å². The summed E-state index contributed by atoms with van der Waals surface area (Å²) in [5.41, 5.74) is 1.00. The average Bonchev–Trinajstić information content (AvgIpc) is 2.75. The largest absolute Gasteiger partial charge is 0.497 e. The lowest BCUT2D eigenvalue weighted by Crippen LogP contribution is -2.43. The molecule has 3 N–H and O–H groups in total. The van der Waals surface area contributed by atoms with Crippen molar-refractivity contribution in [3.63, 3.8) is 0 Å². The predicted molar refractivity (Wildman–Crippen MR) is 116 cm³/mol. The Kier molecular flexibility index (Phi) is 9.85. The third-order valence-electron chi connectivity index (χ3n) is 3.98. The van der Waals surface area contributed by atoms with Crippen LogP contribution in [0.4, 0.5) is 4.39 Å². The van der Waals surface area contributed by atoms with Gasteiger partial charge in [-0.15, -0.1) is 11.8 Å². The van der Waals surface area contributed by atoms with Crippen LogP contribution in [0.1, 0.15) is 12.0 Å². The van der Waals surface area contributed by atoms with Crippen molar-refractivity contribution in [3.8, 4) is 5.75 Å². The Morgan fingerprint density at radius 1 is 1.07 bits per heavy atom. The van der Waals surface area contributed by atoms with Crippen molar-refractivity contribution >= 4 is 23.6 Å². The molecule has 0 spiro atoms. The molecule has 29 heavy (non-hydrogen) atoms. The Labute approximate surface area is 175 Å². The maximum Gasteiger partial charge on any atom is 0.239 e. The molecule has 0 bridgehead atoms. The number of carbonyl (C=O) groups excluding carboxylic acids is 1. The summed E-state index contributed by atoms with van der Waals surface area (Å²) in [4.78, 5) is 17.2. The number of benzene rings is 2. The topological polar surface area (TPSA) is 74.8 Å². The second kappa shape index (κ2) is 12.7. The van der Waals surface area contributed by atoms with Gasteiger partial charge in [0.2, 0.25) is 5.91 Å². The molecule has 0 saturated heterocycles. The smallest absolute Gasteiger partial charge is 0.239 e. The highest BCUT2D eigenvalue weighted by molar-refractivity contribution is 7.99. The molecule has 1 amide bonds. The highest BCUT2D eigenvalue weighted by Crippen LogP contribution is 2.18. The van der Waals surface area contributed by atoms with Crippen LogP contribution in [0.25, 0.3) is 0 Å². The van der Waals surface area contributed by atoms with E-state index in [9.17, 15) is 9.18 Å². The standard InChI is InChI=1S/C21H27FN4O2S/c1-23-21(24-12-3-13-29-19-10-6-17(22)7-11-19)26-15-20(27)25-14-16-4-8-18(28-2)9-5-16/h4-11H,3,12-15H2,1-2H3,(H,25,27)(H2,23,24,26). The molecule has 2 rings (SSSR count). The minimum atomic E-state index is -0.223. The summed E-state index contributed by atoms with van der Waals surface area (Å²) in [7, 11) is 3.28.